The molecule has 0 radical (unpaired) electrons. The van der Waals surface area contributed by atoms with Crippen LogP contribution in [0.5, 0.6) is 0 Å². The minimum absolute atomic E-state index is 0.0139. The van der Waals surface area contributed by atoms with Gasteiger partial charge in [0.15, 0.2) is 5.78 Å². The van der Waals surface area contributed by atoms with Crippen LogP contribution in [-0.2, 0) is 19.1 Å². The quantitative estimate of drug-likeness (QED) is 0.430. The molecule has 1 saturated carbocycles. The fourth-order valence-electron chi connectivity index (χ4n) is 2.95. The van der Waals surface area contributed by atoms with Crippen molar-refractivity contribution in [3.05, 3.63) is 0 Å². The Morgan fingerprint density at radius 1 is 1.00 bits per heavy atom. The topological polar surface area (TPSA) is 93.7 Å². The molecule has 0 aromatic carbocycles. The van der Waals surface area contributed by atoms with Gasteiger partial charge in [-0.1, -0.05) is 13.8 Å². The molecule has 0 bridgehead atoms. The number of ether oxygens (including phenoxy) is 2. The number of hydrogen-bond donors (Lipinski definition) is 2. The van der Waals surface area contributed by atoms with Crippen LogP contribution < -0.4 is 10.6 Å². The zero-order valence-corrected chi connectivity index (χ0v) is 16.3. The maximum atomic E-state index is 11.8. The summed E-state index contributed by atoms with van der Waals surface area (Å²) in [6, 6.07) is -0.389. The van der Waals surface area contributed by atoms with Gasteiger partial charge in [-0.2, -0.15) is 0 Å². The highest BCUT2D eigenvalue weighted by Crippen LogP contribution is 2.29. The van der Waals surface area contributed by atoms with Gasteiger partial charge in [0.1, 0.15) is 0 Å². The van der Waals surface area contributed by atoms with Gasteiger partial charge in [0.2, 0.25) is 0 Å². The van der Waals surface area contributed by atoms with E-state index in [0.717, 1.165) is 32.3 Å². The van der Waals surface area contributed by atoms with Crippen LogP contribution >= 0.6 is 0 Å². The fraction of sp³-hybridized carbons (Fsp3) is 0.842. The van der Waals surface area contributed by atoms with Crippen molar-refractivity contribution in [2.75, 3.05) is 33.4 Å². The summed E-state index contributed by atoms with van der Waals surface area (Å²) in [5, 5.41) is 5.14. The maximum Gasteiger partial charge on any atom is 0.315 e. The molecule has 0 heterocycles. The van der Waals surface area contributed by atoms with Crippen molar-refractivity contribution in [3.63, 3.8) is 0 Å². The summed E-state index contributed by atoms with van der Waals surface area (Å²) in [7, 11) is 1.73. The number of esters is 1. The van der Waals surface area contributed by atoms with E-state index in [1.165, 1.54) is 0 Å². The van der Waals surface area contributed by atoms with E-state index in [1.807, 2.05) is 0 Å². The largest absolute Gasteiger partial charge is 0.465 e. The van der Waals surface area contributed by atoms with Gasteiger partial charge < -0.3 is 20.1 Å². The molecule has 0 aromatic heterocycles. The van der Waals surface area contributed by atoms with Crippen molar-refractivity contribution >= 4 is 17.8 Å². The van der Waals surface area contributed by atoms with Crippen LogP contribution in [0.1, 0.15) is 52.4 Å². The molecule has 0 aromatic rings. The second-order valence-corrected chi connectivity index (χ2v) is 7.36. The Kier molecular flexibility index (Phi) is 10.9. The SMILES string of the molecule is COCC1CCC(COC(=O)CCCNC(=O)NCC(=O)C(C)C)CC1. The van der Waals surface area contributed by atoms with Crippen molar-refractivity contribution in [2.45, 2.75) is 52.4 Å². The van der Waals surface area contributed by atoms with Crippen LogP contribution in [-0.4, -0.2) is 51.2 Å². The van der Waals surface area contributed by atoms with E-state index in [4.69, 9.17) is 9.47 Å². The third kappa shape index (κ3) is 9.75. The third-order valence-electron chi connectivity index (χ3n) is 4.76. The molecular formula is C19H34N2O5. The molecule has 7 heteroatoms. The van der Waals surface area contributed by atoms with Crippen LogP contribution in [0.3, 0.4) is 0 Å². The number of hydrogen-bond acceptors (Lipinski definition) is 5. The van der Waals surface area contributed by atoms with E-state index >= 15 is 0 Å². The molecular weight excluding hydrogens is 336 g/mol. The number of nitrogens with one attached hydrogen (secondary N) is 2. The number of Topliss-reactive ketones (excluding diaryl/α,β-unsaturated/α-hetero) is 1. The lowest BCUT2D eigenvalue weighted by atomic mass is 9.83. The molecule has 1 aliphatic carbocycles. The Hall–Kier alpha value is -1.63. The Morgan fingerprint density at radius 3 is 2.19 bits per heavy atom. The van der Waals surface area contributed by atoms with Crippen molar-refractivity contribution in [3.8, 4) is 0 Å². The molecule has 2 N–H and O–H groups in total. The van der Waals surface area contributed by atoms with Crippen molar-refractivity contribution in [1.29, 1.82) is 0 Å². The first-order valence-electron chi connectivity index (χ1n) is 9.61. The zero-order valence-electron chi connectivity index (χ0n) is 16.3. The predicted octanol–water partition coefficient (Wildman–Crippen LogP) is 2.29. The van der Waals surface area contributed by atoms with E-state index in [1.54, 1.807) is 21.0 Å². The van der Waals surface area contributed by atoms with Gasteiger partial charge >= 0.3 is 12.0 Å². The summed E-state index contributed by atoms with van der Waals surface area (Å²) in [6.07, 6.45) is 5.23. The lowest BCUT2D eigenvalue weighted by Crippen LogP contribution is -2.39. The van der Waals surface area contributed by atoms with Crippen LogP contribution in [0.15, 0.2) is 0 Å². The van der Waals surface area contributed by atoms with E-state index in [0.29, 0.717) is 31.4 Å². The molecule has 1 rings (SSSR count). The van der Waals surface area contributed by atoms with Gasteiger partial charge in [0, 0.05) is 32.6 Å². The first-order chi connectivity index (χ1) is 12.4. The highest BCUT2D eigenvalue weighted by Gasteiger charge is 2.22. The van der Waals surface area contributed by atoms with Crippen molar-refractivity contribution in [2.24, 2.45) is 17.8 Å². The monoisotopic (exact) mass is 370 g/mol. The Balaban J connectivity index is 2.02. The van der Waals surface area contributed by atoms with Gasteiger partial charge in [-0.15, -0.1) is 0 Å². The van der Waals surface area contributed by atoms with E-state index in [9.17, 15) is 14.4 Å². The number of rotatable bonds is 11. The Labute approximate surface area is 156 Å². The lowest BCUT2D eigenvalue weighted by Gasteiger charge is -2.27. The van der Waals surface area contributed by atoms with Gasteiger partial charge in [0.25, 0.3) is 0 Å². The molecule has 150 valence electrons. The van der Waals surface area contributed by atoms with Crippen LogP contribution in [0.4, 0.5) is 4.79 Å². The maximum absolute atomic E-state index is 11.8. The number of amides is 2. The summed E-state index contributed by atoms with van der Waals surface area (Å²) < 4.78 is 10.5. The lowest BCUT2D eigenvalue weighted by molar-refractivity contribution is -0.145. The molecule has 0 aliphatic heterocycles. The molecule has 0 saturated heterocycles. The second kappa shape index (κ2) is 12.7. The van der Waals surface area contributed by atoms with E-state index in [-0.39, 0.29) is 36.7 Å². The first kappa shape index (κ1) is 22.4. The standard InChI is InChI=1S/C19H34N2O5/c1-14(2)17(22)11-21-19(24)20-10-4-5-18(23)26-13-16-8-6-15(7-9-16)12-25-3/h14-16H,4-13H2,1-3H3,(H2,20,21,24). The summed E-state index contributed by atoms with van der Waals surface area (Å²) >= 11 is 0. The predicted molar refractivity (Wildman–Crippen MR) is 98.8 cm³/mol. The molecule has 0 unspecified atom stereocenters. The molecule has 1 aliphatic rings. The molecule has 7 nitrogen and oxygen atoms in total. The number of carbonyl (C=O) groups is 3. The second-order valence-electron chi connectivity index (χ2n) is 7.36. The molecule has 2 amide bonds. The average molecular weight is 370 g/mol. The minimum atomic E-state index is -0.389. The van der Waals surface area contributed by atoms with Gasteiger partial charge in [-0.05, 0) is 43.9 Å². The summed E-state index contributed by atoms with van der Waals surface area (Å²) in [5.74, 6) is 0.760. The minimum Gasteiger partial charge on any atom is -0.465 e. The van der Waals surface area contributed by atoms with Gasteiger partial charge in [-0.3, -0.25) is 9.59 Å². The fourth-order valence-corrected chi connectivity index (χ4v) is 2.95. The number of methoxy groups -OCH3 is 1. The van der Waals surface area contributed by atoms with Gasteiger partial charge in [0.05, 0.1) is 13.2 Å². The summed E-state index contributed by atoms with van der Waals surface area (Å²) in [4.78, 5) is 34.7. The van der Waals surface area contributed by atoms with Crippen LogP contribution in [0, 0.1) is 17.8 Å². The Morgan fingerprint density at radius 2 is 1.62 bits per heavy atom. The normalized spacial score (nSPS) is 19.8. The van der Waals surface area contributed by atoms with Crippen LogP contribution in [0.2, 0.25) is 0 Å². The number of urea groups is 1. The smallest absolute Gasteiger partial charge is 0.315 e. The van der Waals surface area contributed by atoms with Crippen molar-refractivity contribution < 1.29 is 23.9 Å². The molecule has 26 heavy (non-hydrogen) atoms. The molecule has 0 atom stereocenters. The third-order valence-corrected chi connectivity index (χ3v) is 4.76. The number of carbonyl (C=O) groups excluding carboxylic acids is 3. The summed E-state index contributed by atoms with van der Waals surface area (Å²) in [5.41, 5.74) is 0. The average Bonchev–Trinajstić information content (AvgIpc) is 2.62. The molecule has 0 spiro atoms. The van der Waals surface area contributed by atoms with Gasteiger partial charge in [-0.25, -0.2) is 4.79 Å². The Bertz CT molecular complexity index is 445. The summed E-state index contributed by atoms with van der Waals surface area (Å²) in [6.45, 7) is 5.29. The first-order valence-corrected chi connectivity index (χ1v) is 9.61. The highest BCUT2D eigenvalue weighted by molar-refractivity contribution is 5.86. The van der Waals surface area contributed by atoms with E-state index < -0.39 is 0 Å². The molecule has 1 fully saturated rings. The number of ketones is 1. The van der Waals surface area contributed by atoms with Crippen LogP contribution in [0.25, 0.3) is 0 Å². The highest BCUT2D eigenvalue weighted by atomic mass is 16.5. The van der Waals surface area contributed by atoms with E-state index in [2.05, 4.69) is 10.6 Å². The van der Waals surface area contributed by atoms with Crippen molar-refractivity contribution in [1.82, 2.24) is 10.6 Å². The zero-order chi connectivity index (χ0) is 19.4.